The van der Waals surface area contributed by atoms with Crippen LogP contribution in [0.25, 0.3) is 0 Å². The fraction of sp³-hybridized carbons (Fsp3) is 0.0714. The zero-order chi connectivity index (χ0) is 14.1. The van der Waals surface area contributed by atoms with E-state index in [0.29, 0.717) is 23.7 Å². The molecule has 0 radical (unpaired) electrons. The fourth-order valence-corrected chi connectivity index (χ4v) is 2.47. The monoisotopic (exact) mass is 329 g/mol. The molecule has 0 aliphatic carbocycles. The first kappa shape index (κ1) is 13.2. The third-order valence-corrected chi connectivity index (χ3v) is 3.69. The highest BCUT2D eigenvalue weighted by molar-refractivity contribution is 9.10. The third-order valence-electron chi connectivity index (χ3n) is 3.07. The number of nitrogens with zero attached hydrogens (tertiary/aromatic N) is 1. The van der Waals surface area contributed by atoms with Crippen LogP contribution in [0.1, 0.15) is 11.1 Å². The van der Waals surface area contributed by atoms with Crippen LogP contribution < -0.4 is 10.2 Å². The van der Waals surface area contributed by atoms with Crippen molar-refractivity contribution in [2.24, 2.45) is 0 Å². The van der Waals surface area contributed by atoms with Crippen molar-refractivity contribution in [2.45, 2.75) is 6.61 Å². The van der Waals surface area contributed by atoms with Gasteiger partial charge >= 0.3 is 7.12 Å². The number of benzene rings is 2. The topological polar surface area (TPSA) is 62.5 Å². The lowest BCUT2D eigenvalue weighted by Crippen LogP contribution is -2.27. The number of rotatable bonds is 2. The highest BCUT2D eigenvalue weighted by Gasteiger charge is 2.28. The molecule has 0 spiro atoms. The van der Waals surface area contributed by atoms with Gasteiger partial charge in [0.25, 0.3) is 0 Å². The molecule has 98 valence electrons. The first-order valence-electron chi connectivity index (χ1n) is 5.97. The third kappa shape index (κ3) is 2.43. The minimum absolute atomic E-state index is 0.369. The van der Waals surface area contributed by atoms with E-state index in [4.69, 9.17) is 14.7 Å². The van der Waals surface area contributed by atoms with Crippen molar-refractivity contribution in [1.82, 2.24) is 0 Å². The highest BCUT2D eigenvalue weighted by atomic mass is 79.9. The van der Waals surface area contributed by atoms with Crippen molar-refractivity contribution < 1.29 is 14.4 Å². The largest absolute Gasteiger partial charge is 0.491 e. The molecule has 6 heteroatoms. The average Bonchev–Trinajstić information content (AvgIpc) is 2.81. The summed E-state index contributed by atoms with van der Waals surface area (Å²) in [4.78, 5) is 0. The van der Waals surface area contributed by atoms with Crippen molar-refractivity contribution >= 4 is 28.5 Å². The van der Waals surface area contributed by atoms with E-state index < -0.39 is 7.12 Å². The van der Waals surface area contributed by atoms with Gasteiger partial charge in [0.1, 0.15) is 11.5 Å². The van der Waals surface area contributed by atoms with Crippen molar-refractivity contribution in [3.8, 4) is 17.6 Å². The Morgan fingerprint density at radius 3 is 2.75 bits per heavy atom. The predicted molar refractivity (Wildman–Crippen MR) is 77.8 cm³/mol. The summed E-state index contributed by atoms with van der Waals surface area (Å²) in [6.45, 7) is 0.369. The first-order valence-corrected chi connectivity index (χ1v) is 6.76. The van der Waals surface area contributed by atoms with Crippen LogP contribution >= 0.6 is 15.9 Å². The van der Waals surface area contributed by atoms with Crippen LogP contribution in [0.5, 0.6) is 11.5 Å². The lowest BCUT2D eigenvalue weighted by Gasteiger charge is -2.10. The smallest absolute Gasteiger partial charge is 0.456 e. The zero-order valence-corrected chi connectivity index (χ0v) is 11.9. The van der Waals surface area contributed by atoms with Crippen LogP contribution in [0, 0.1) is 11.3 Å². The maximum Gasteiger partial charge on any atom is 0.491 e. The van der Waals surface area contributed by atoms with Gasteiger partial charge in [-0.05, 0) is 63.4 Å². The summed E-state index contributed by atoms with van der Waals surface area (Å²) in [7, 11) is -0.870. The molecule has 0 saturated carbocycles. The van der Waals surface area contributed by atoms with Crippen LogP contribution in [0.2, 0.25) is 0 Å². The molecule has 0 saturated heterocycles. The Bertz CT molecular complexity index is 697. The lowest BCUT2D eigenvalue weighted by molar-refractivity contribution is 0.275. The summed E-state index contributed by atoms with van der Waals surface area (Å²) in [5, 5.41) is 18.4. The van der Waals surface area contributed by atoms with Crippen LogP contribution in [-0.2, 0) is 11.3 Å². The van der Waals surface area contributed by atoms with Gasteiger partial charge < -0.3 is 14.4 Å². The van der Waals surface area contributed by atoms with E-state index in [2.05, 4.69) is 22.0 Å². The van der Waals surface area contributed by atoms with Gasteiger partial charge in [0.05, 0.1) is 22.7 Å². The maximum absolute atomic E-state index is 9.63. The van der Waals surface area contributed by atoms with Crippen molar-refractivity contribution in [3.63, 3.8) is 0 Å². The molecule has 1 heterocycles. The SMILES string of the molecule is N#Cc1ccc(Oc2cc3c(cc2Br)B(O)OC3)cc1. The summed E-state index contributed by atoms with van der Waals surface area (Å²) in [5.41, 5.74) is 2.25. The van der Waals surface area contributed by atoms with Gasteiger partial charge in [-0.25, -0.2) is 0 Å². The molecule has 20 heavy (non-hydrogen) atoms. The second-order valence-corrected chi connectivity index (χ2v) is 5.24. The molecule has 0 unspecified atom stereocenters. The molecule has 0 amide bonds. The molecule has 0 bridgehead atoms. The predicted octanol–water partition coefficient (Wildman–Crippen LogP) is 2.33. The van der Waals surface area contributed by atoms with Crippen molar-refractivity contribution in [2.75, 3.05) is 0 Å². The van der Waals surface area contributed by atoms with Crippen molar-refractivity contribution in [1.29, 1.82) is 5.26 Å². The Balaban J connectivity index is 1.89. The number of halogens is 1. The Morgan fingerprint density at radius 2 is 2.05 bits per heavy atom. The van der Waals surface area contributed by atoms with Gasteiger partial charge in [-0.2, -0.15) is 5.26 Å². The quantitative estimate of drug-likeness (QED) is 0.859. The highest BCUT2D eigenvalue weighted by Crippen LogP contribution is 2.31. The number of hydrogen-bond acceptors (Lipinski definition) is 4. The molecule has 2 aromatic rings. The van der Waals surface area contributed by atoms with Crippen LogP contribution in [-0.4, -0.2) is 12.1 Å². The van der Waals surface area contributed by atoms with E-state index in [1.165, 1.54) is 0 Å². The summed E-state index contributed by atoms with van der Waals surface area (Å²) in [6.07, 6.45) is 0. The molecule has 1 N–H and O–H groups in total. The molecule has 0 atom stereocenters. The van der Waals surface area contributed by atoms with Gasteiger partial charge in [0.2, 0.25) is 0 Å². The zero-order valence-electron chi connectivity index (χ0n) is 10.3. The second-order valence-electron chi connectivity index (χ2n) is 4.38. The van der Waals surface area contributed by atoms with E-state index >= 15 is 0 Å². The minimum atomic E-state index is -0.870. The second kappa shape index (κ2) is 5.29. The molecule has 4 nitrogen and oxygen atoms in total. The molecule has 0 aromatic heterocycles. The van der Waals surface area contributed by atoms with Gasteiger partial charge in [-0.3, -0.25) is 0 Å². The Kier molecular flexibility index (Phi) is 3.49. The maximum atomic E-state index is 9.63. The molecule has 1 aliphatic rings. The van der Waals surface area contributed by atoms with E-state index in [-0.39, 0.29) is 0 Å². The Labute approximate surface area is 124 Å². The molecular weight excluding hydrogens is 321 g/mol. The number of fused-ring (bicyclic) bond motifs is 1. The van der Waals surface area contributed by atoms with Crippen LogP contribution in [0.3, 0.4) is 0 Å². The number of hydrogen-bond donors (Lipinski definition) is 1. The minimum Gasteiger partial charge on any atom is -0.456 e. The van der Waals surface area contributed by atoms with E-state index in [1.54, 1.807) is 30.3 Å². The Morgan fingerprint density at radius 1 is 1.30 bits per heavy atom. The molecule has 3 rings (SSSR count). The number of nitriles is 1. The Hall–Kier alpha value is -1.81. The normalized spacial score (nSPS) is 12.9. The summed E-state index contributed by atoms with van der Waals surface area (Å²) < 4.78 is 11.7. The summed E-state index contributed by atoms with van der Waals surface area (Å²) in [5.74, 6) is 1.29. The fourth-order valence-electron chi connectivity index (χ4n) is 2.03. The summed E-state index contributed by atoms with van der Waals surface area (Å²) in [6, 6.07) is 12.6. The molecular formula is C14H9BBrNO3. The van der Waals surface area contributed by atoms with Crippen molar-refractivity contribution in [3.05, 3.63) is 52.0 Å². The van der Waals surface area contributed by atoms with E-state index in [1.807, 2.05) is 6.07 Å². The lowest BCUT2D eigenvalue weighted by atomic mass is 9.79. The van der Waals surface area contributed by atoms with Gasteiger partial charge in [-0.1, -0.05) is 0 Å². The van der Waals surface area contributed by atoms with Gasteiger partial charge in [-0.15, -0.1) is 0 Å². The van der Waals surface area contributed by atoms with E-state index in [0.717, 1.165) is 15.5 Å². The number of ether oxygens (including phenoxy) is 1. The van der Waals surface area contributed by atoms with Crippen LogP contribution in [0.15, 0.2) is 40.9 Å². The molecule has 0 fully saturated rings. The molecule has 1 aliphatic heterocycles. The van der Waals surface area contributed by atoms with Gasteiger partial charge in [0, 0.05) is 0 Å². The summed E-state index contributed by atoms with van der Waals surface area (Å²) >= 11 is 3.42. The molecule has 2 aromatic carbocycles. The van der Waals surface area contributed by atoms with Crippen LogP contribution in [0.4, 0.5) is 0 Å². The average molecular weight is 330 g/mol. The van der Waals surface area contributed by atoms with E-state index in [9.17, 15) is 5.02 Å². The van der Waals surface area contributed by atoms with Gasteiger partial charge in [0.15, 0.2) is 0 Å². The first-order chi connectivity index (χ1) is 9.67. The standard InChI is InChI=1S/C14H9BBrNO3/c16-13-6-12-10(8-19-15(12)18)5-14(13)20-11-3-1-9(7-17)2-4-11/h1-6,18H,8H2.